The van der Waals surface area contributed by atoms with Gasteiger partial charge in [0.05, 0.1) is 12.7 Å². The van der Waals surface area contributed by atoms with E-state index in [1.54, 1.807) is 62.4 Å². The molecule has 0 spiro atoms. The minimum atomic E-state index is -0.442. The van der Waals surface area contributed by atoms with Gasteiger partial charge in [-0.25, -0.2) is 0 Å². The Hall–Kier alpha value is -3.48. The van der Waals surface area contributed by atoms with Crippen LogP contribution in [0, 0.1) is 0 Å². The molecule has 0 aliphatic carbocycles. The lowest BCUT2D eigenvalue weighted by Gasteiger charge is -2.10. The summed E-state index contributed by atoms with van der Waals surface area (Å²) in [4.78, 5) is 23.8. The number of hydrogen-bond acceptors (Lipinski definition) is 6. The van der Waals surface area contributed by atoms with Crippen molar-refractivity contribution in [2.75, 3.05) is 26.1 Å². The topological polar surface area (TPSA) is 94.2 Å². The van der Waals surface area contributed by atoms with E-state index in [1.165, 1.54) is 11.9 Å². The summed E-state index contributed by atoms with van der Waals surface area (Å²) in [6, 6.07) is 10.8. The minimum Gasteiger partial charge on any atom is -0.497 e. The fourth-order valence-electron chi connectivity index (χ4n) is 1.63. The number of nitrogens with zero attached hydrogens (tertiary/aromatic N) is 4. The van der Waals surface area contributed by atoms with Crippen LogP contribution >= 0.6 is 0 Å². The number of nitrogens with two attached hydrogens (primary N) is 1. The maximum Gasteiger partial charge on any atom is 0.250 e. The van der Waals surface area contributed by atoms with Gasteiger partial charge < -0.3 is 15.4 Å². The molecule has 0 aliphatic heterocycles. The van der Waals surface area contributed by atoms with Gasteiger partial charge in [-0.3, -0.25) is 19.7 Å². The molecule has 3 aromatic heterocycles. The number of hydrogen-bond donors (Lipinski definition) is 1. The summed E-state index contributed by atoms with van der Waals surface area (Å²) in [7, 11) is 5.65. The van der Waals surface area contributed by atoms with E-state index < -0.39 is 5.91 Å². The van der Waals surface area contributed by atoms with Gasteiger partial charge >= 0.3 is 0 Å². The summed E-state index contributed by atoms with van der Waals surface area (Å²) in [5.41, 5.74) is 6.56. The molecule has 0 aromatic carbocycles. The van der Waals surface area contributed by atoms with Crippen molar-refractivity contribution in [2.24, 2.45) is 5.73 Å². The highest BCUT2D eigenvalue weighted by Crippen LogP contribution is 2.05. The molecule has 0 saturated carbocycles. The molecule has 0 bridgehead atoms. The second-order valence-corrected chi connectivity index (χ2v) is 5.09. The average molecular weight is 353 g/mol. The fraction of sp³-hybridized carbons (Fsp3) is 0.158. The van der Waals surface area contributed by atoms with Gasteiger partial charge in [0.25, 0.3) is 0 Å². The Morgan fingerprint density at radius 2 is 1.50 bits per heavy atom. The van der Waals surface area contributed by atoms with Gasteiger partial charge in [-0.1, -0.05) is 0 Å². The Bertz CT molecular complexity index is 738. The SMILES string of the molecule is CN(C)c1ccncc1.COc1ccncc1.NC(=O)c1cccnc1. The number of carbonyl (C=O) groups is 1. The van der Waals surface area contributed by atoms with Gasteiger partial charge in [-0.2, -0.15) is 0 Å². The van der Waals surface area contributed by atoms with Crippen molar-refractivity contribution in [1.29, 1.82) is 0 Å². The second kappa shape index (κ2) is 12.0. The van der Waals surface area contributed by atoms with Crippen LogP contribution in [-0.4, -0.2) is 42.1 Å². The molecule has 0 atom stereocenters. The molecule has 3 heterocycles. The highest BCUT2D eigenvalue weighted by molar-refractivity contribution is 5.92. The number of carbonyl (C=O) groups excluding carboxylic acids is 1. The van der Waals surface area contributed by atoms with E-state index in [2.05, 4.69) is 15.0 Å². The highest BCUT2D eigenvalue weighted by atomic mass is 16.5. The van der Waals surface area contributed by atoms with Crippen molar-refractivity contribution >= 4 is 11.6 Å². The van der Waals surface area contributed by atoms with Crippen molar-refractivity contribution < 1.29 is 9.53 Å². The van der Waals surface area contributed by atoms with Gasteiger partial charge in [0.2, 0.25) is 5.91 Å². The summed E-state index contributed by atoms with van der Waals surface area (Å²) in [6.07, 6.45) is 9.98. The first-order valence-electron chi connectivity index (χ1n) is 7.75. The van der Waals surface area contributed by atoms with E-state index in [0.29, 0.717) is 5.56 Å². The molecule has 7 heteroatoms. The average Bonchev–Trinajstić information content (AvgIpc) is 2.71. The molecule has 3 rings (SSSR count). The number of rotatable bonds is 3. The number of anilines is 1. The normalized spacial score (nSPS) is 8.88. The van der Waals surface area contributed by atoms with Crippen LogP contribution in [0.1, 0.15) is 10.4 Å². The van der Waals surface area contributed by atoms with Crippen LogP contribution in [0.15, 0.2) is 73.6 Å². The fourth-order valence-corrected chi connectivity index (χ4v) is 1.63. The molecule has 136 valence electrons. The van der Waals surface area contributed by atoms with Gasteiger partial charge in [0.1, 0.15) is 5.75 Å². The molecule has 7 nitrogen and oxygen atoms in total. The molecular weight excluding hydrogens is 330 g/mol. The molecule has 26 heavy (non-hydrogen) atoms. The van der Waals surface area contributed by atoms with E-state index in [0.717, 1.165) is 5.75 Å². The first-order valence-corrected chi connectivity index (χ1v) is 7.75. The van der Waals surface area contributed by atoms with Crippen molar-refractivity contribution in [3.05, 3.63) is 79.1 Å². The third kappa shape index (κ3) is 8.39. The quantitative estimate of drug-likeness (QED) is 0.777. The number of amides is 1. The number of primary amides is 1. The van der Waals surface area contributed by atoms with Gasteiger partial charge in [0.15, 0.2) is 0 Å². The molecule has 1 amide bonds. The van der Waals surface area contributed by atoms with E-state index >= 15 is 0 Å². The Kier molecular flexibility index (Phi) is 9.46. The molecular formula is C19H23N5O2. The van der Waals surface area contributed by atoms with E-state index in [4.69, 9.17) is 10.5 Å². The number of pyridine rings is 3. The van der Waals surface area contributed by atoms with Crippen LogP contribution in [0.4, 0.5) is 5.69 Å². The maximum atomic E-state index is 10.4. The highest BCUT2D eigenvalue weighted by Gasteiger charge is 1.95. The van der Waals surface area contributed by atoms with Gasteiger partial charge in [0, 0.05) is 57.0 Å². The zero-order chi connectivity index (χ0) is 19.2. The summed E-state index contributed by atoms with van der Waals surface area (Å²) in [5.74, 6) is 0.406. The van der Waals surface area contributed by atoms with Gasteiger partial charge in [-0.05, 0) is 36.4 Å². The molecule has 0 saturated heterocycles. The Morgan fingerprint density at radius 1 is 0.923 bits per heavy atom. The summed E-state index contributed by atoms with van der Waals surface area (Å²) in [6.45, 7) is 0. The predicted octanol–water partition coefficient (Wildman–Crippen LogP) is 2.42. The van der Waals surface area contributed by atoms with E-state index in [1.807, 2.05) is 31.1 Å². The lowest BCUT2D eigenvalue weighted by atomic mass is 10.3. The Morgan fingerprint density at radius 3 is 1.81 bits per heavy atom. The lowest BCUT2D eigenvalue weighted by Crippen LogP contribution is -2.10. The standard InChI is InChI=1S/C7H10N2.C6H6N2O.C6H7NO/c1-9(2)7-3-5-8-6-4-7;7-6(9)5-2-1-3-8-4-5;1-8-6-2-4-7-5-3-6/h3-6H,1-2H3;1-4H,(H2,7,9);2-5H,1H3. The largest absolute Gasteiger partial charge is 0.497 e. The smallest absolute Gasteiger partial charge is 0.250 e. The Labute approximate surface area is 153 Å². The third-order valence-corrected chi connectivity index (χ3v) is 3.01. The summed E-state index contributed by atoms with van der Waals surface area (Å²) >= 11 is 0. The molecule has 2 N–H and O–H groups in total. The lowest BCUT2D eigenvalue weighted by molar-refractivity contribution is 0.1000. The predicted molar refractivity (Wildman–Crippen MR) is 102 cm³/mol. The first kappa shape index (κ1) is 20.6. The molecule has 0 aliphatic rings. The summed E-state index contributed by atoms with van der Waals surface area (Å²) in [5, 5.41) is 0. The van der Waals surface area contributed by atoms with Crippen LogP contribution in [0.25, 0.3) is 0 Å². The van der Waals surface area contributed by atoms with E-state index in [-0.39, 0.29) is 0 Å². The molecule has 0 unspecified atom stereocenters. The van der Waals surface area contributed by atoms with E-state index in [9.17, 15) is 4.79 Å². The van der Waals surface area contributed by atoms with Crippen molar-refractivity contribution in [1.82, 2.24) is 15.0 Å². The van der Waals surface area contributed by atoms with Crippen molar-refractivity contribution in [2.45, 2.75) is 0 Å². The van der Waals surface area contributed by atoms with Crippen LogP contribution in [0.2, 0.25) is 0 Å². The zero-order valence-corrected chi connectivity index (χ0v) is 15.1. The summed E-state index contributed by atoms with van der Waals surface area (Å²) < 4.78 is 4.87. The van der Waals surface area contributed by atoms with Crippen molar-refractivity contribution in [3.8, 4) is 5.75 Å². The zero-order valence-electron chi connectivity index (χ0n) is 15.1. The van der Waals surface area contributed by atoms with Crippen molar-refractivity contribution in [3.63, 3.8) is 0 Å². The van der Waals surface area contributed by atoms with Crippen LogP contribution in [0.3, 0.4) is 0 Å². The minimum absolute atomic E-state index is 0.442. The van der Waals surface area contributed by atoms with Gasteiger partial charge in [-0.15, -0.1) is 0 Å². The monoisotopic (exact) mass is 353 g/mol. The first-order chi connectivity index (χ1) is 12.5. The van der Waals surface area contributed by atoms with Crippen LogP contribution in [-0.2, 0) is 0 Å². The number of aromatic nitrogens is 3. The van der Waals surface area contributed by atoms with Crippen LogP contribution in [0.5, 0.6) is 5.75 Å². The molecule has 3 aromatic rings. The molecule has 0 fully saturated rings. The number of methoxy groups -OCH3 is 1. The molecule has 0 radical (unpaired) electrons. The second-order valence-electron chi connectivity index (χ2n) is 5.09. The number of ether oxygens (including phenoxy) is 1. The third-order valence-electron chi connectivity index (χ3n) is 3.01. The Balaban J connectivity index is 0.000000195. The van der Waals surface area contributed by atoms with Crippen LogP contribution < -0.4 is 15.4 Å². The maximum absolute atomic E-state index is 10.4.